The number of carbonyl (C=O) groups excluding carboxylic acids is 4. The molecule has 1 aliphatic heterocycles. The lowest BCUT2D eigenvalue weighted by molar-refractivity contribution is -0.119. The number of nitrogens with one attached hydrogen (secondary N) is 4. The molecule has 398 valence electrons. The summed E-state index contributed by atoms with van der Waals surface area (Å²) in [5.74, 6) is 2.44. The molecule has 18 nitrogen and oxygen atoms in total. The normalized spacial score (nSPS) is 12.9. The fourth-order valence-corrected chi connectivity index (χ4v) is 7.77. The van der Waals surface area contributed by atoms with Crippen LogP contribution in [0.25, 0.3) is 0 Å². The summed E-state index contributed by atoms with van der Waals surface area (Å²) >= 11 is 13.3. The minimum Gasteiger partial charge on any atom is -0.493 e. The van der Waals surface area contributed by atoms with Gasteiger partial charge in [-0.3, -0.25) is 19.4 Å². The Labute approximate surface area is 444 Å². The van der Waals surface area contributed by atoms with E-state index in [0.29, 0.717) is 109 Å². The van der Waals surface area contributed by atoms with Crippen LogP contribution in [0.3, 0.4) is 0 Å². The van der Waals surface area contributed by atoms with E-state index in [1.54, 1.807) is 25.2 Å². The quantitative estimate of drug-likeness (QED) is 0.0217. The zero-order valence-corrected chi connectivity index (χ0v) is 45.2. The van der Waals surface area contributed by atoms with E-state index >= 15 is 0 Å². The number of likely N-dealkylation sites (N-methyl/N-ethyl adjacent to an activating group) is 1. The van der Waals surface area contributed by atoms with Gasteiger partial charge in [0.1, 0.15) is 30.2 Å². The number of ether oxygens (including phenoxy) is 5. The molecule has 0 aromatic heterocycles. The third kappa shape index (κ3) is 21.4. The number of nitrogens with zero attached hydrogens (tertiary/aromatic N) is 5. The average molecular weight is 1070 g/mol. The zero-order chi connectivity index (χ0) is 53.0. The molecule has 1 heterocycles. The van der Waals surface area contributed by atoms with Gasteiger partial charge < -0.3 is 63.9 Å². The summed E-state index contributed by atoms with van der Waals surface area (Å²) in [6, 6.07) is 23.9. The number of hydrogen-bond donors (Lipinski definition) is 4. The molecule has 0 bridgehead atoms. The molecule has 3 amide bonds. The van der Waals surface area contributed by atoms with Crippen LogP contribution in [0.2, 0.25) is 10.0 Å². The van der Waals surface area contributed by atoms with Crippen molar-refractivity contribution < 1.29 is 42.9 Å². The molecule has 1 unspecified atom stereocenters. The number of anilines is 4. The maximum absolute atomic E-state index is 12.9. The molecule has 0 saturated carbocycles. The number of rotatable bonds is 31. The van der Waals surface area contributed by atoms with Gasteiger partial charge in [0, 0.05) is 75.7 Å². The molecule has 4 aromatic rings. The van der Waals surface area contributed by atoms with Crippen LogP contribution in [0.5, 0.6) is 17.2 Å². The highest BCUT2D eigenvalue weighted by molar-refractivity contribution is 8.00. The number of benzene rings is 4. The first-order valence-corrected chi connectivity index (χ1v) is 25.7. The van der Waals surface area contributed by atoms with Gasteiger partial charge >= 0.3 is 0 Å². The summed E-state index contributed by atoms with van der Waals surface area (Å²) in [6.45, 7) is 10.4. The summed E-state index contributed by atoms with van der Waals surface area (Å²) in [6.07, 6.45) is 3.68. The number of hydrazone groups is 1. The highest BCUT2D eigenvalue weighted by Crippen LogP contribution is 2.42. The van der Waals surface area contributed by atoms with E-state index in [0.717, 1.165) is 61.4 Å². The van der Waals surface area contributed by atoms with Crippen molar-refractivity contribution in [1.82, 2.24) is 20.9 Å². The minimum atomic E-state index is -0.206. The van der Waals surface area contributed by atoms with Crippen molar-refractivity contribution in [2.24, 2.45) is 11.0 Å². The number of amides is 3. The third-order valence-electron chi connectivity index (χ3n) is 10.7. The van der Waals surface area contributed by atoms with E-state index in [4.69, 9.17) is 46.9 Å². The molecular formula is C52H71Cl2N9O9S. The second-order valence-corrected chi connectivity index (χ2v) is 18.6. The second-order valence-electron chi connectivity index (χ2n) is 17.0. The molecule has 0 saturated heterocycles. The van der Waals surface area contributed by atoms with Crippen LogP contribution in [0.1, 0.15) is 43.5 Å². The number of amidine groups is 1. The highest BCUT2D eigenvalue weighted by Gasteiger charge is 2.25. The Hall–Kier alpha value is -5.64. The maximum Gasteiger partial charge on any atom is 0.251 e. The Bertz CT molecular complexity index is 2380. The Morgan fingerprint density at radius 2 is 1.58 bits per heavy atom. The van der Waals surface area contributed by atoms with Crippen molar-refractivity contribution in [2.75, 3.05) is 134 Å². The summed E-state index contributed by atoms with van der Waals surface area (Å²) < 4.78 is 31.9. The Morgan fingerprint density at radius 3 is 2.29 bits per heavy atom. The number of aldehydes is 1. The molecule has 0 radical (unpaired) electrons. The molecule has 1 aliphatic rings. The van der Waals surface area contributed by atoms with Crippen LogP contribution in [0.4, 0.5) is 22.7 Å². The van der Waals surface area contributed by atoms with E-state index < -0.39 is 0 Å². The number of carbonyl (C=O) groups is 4. The summed E-state index contributed by atoms with van der Waals surface area (Å²) in [5, 5.41) is 16.1. The van der Waals surface area contributed by atoms with Crippen molar-refractivity contribution in [3.05, 3.63) is 94.5 Å². The van der Waals surface area contributed by atoms with Gasteiger partial charge in [-0.15, -0.1) is 0 Å². The van der Waals surface area contributed by atoms with Gasteiger partial charge in [0.05, 0.1) is 79.0 Å². The van der Waals surface area contributed by atoms with E-state index in [9.17, 15) is 19.2 Å². The Morgan fingerprint density at radius 1 is 0.836 bits per heavy atom. The summed E-state index contributed by atoms with van der Waals surface area (Å²) in [5.41, 5.74) is 3.54. The van der Waals surface area contributed by atoms with Gasteiger partial charge in [0.25, 0.3) is 5.91 Å². The van der Waals surface area contributed by atoms with Crippen molar-refractivity contribution in [2.45, 2.75) is 38.0 Å². The maximum atomic E-state index is 12.9. The Balaban J connectivity index is 0.000000435. The lowest BCUT2D eigenvalue weighted by Gasteiger charge is -2.24. The monoisotopic (exact) mass is 1070 g/mol. The van der Waals surface area contributed by atoms with E-state index in [1.165, 1.54) is 16.8 Å². The van der Waals surface area contributed by atoms with E-state index in [-0.39, 0.29) is 24.3 Å². The van der Waals surface area contributed by atoms with Crippen LogP contribution in [0, 0.1) is 5.92 Å². The number of halogens is 2. The van der Waals surface area contributed by atoms with Crippen LogP contribution >= 0.6 is 35.1 Å². The third-order valence-corrected chi connectivity index (χ3v) is 12.3. The van der Waals surface area contributed by atoms with Crippen molar-refractivity contribution in [1.29, 1.82) is 0 Å². The molecule has 1 atom stereocenters. The lowest BCUT2D eigenvalue weighted by Crippen LogP contribution is -2.33. The lowest BCUT2D eigenvalue weighted by atomic mass is 10.1. The van der Waals surface area contributed by atoms with Crippen LogP contribution in [0.15, 0.2) is 88.9 Å². The predicted molar refractivity (Wildman–Crippen MR) is 294 cm³/mol. The molecule has 4 N–H and O–H groups in total. The minimum absolute atomic E-state index is 0.00293. The van der Waals surface area contributed by atoms with Crippen molar-refractivity contribution in [3.63, 3.8) is 0 Å². The zero-order valence-electron chi connectivity index (χ0n) is 42.9. The second kappa shape index (κ2) is 33.2. The molecule has 4 aromatic carbocycles. The van der Waals surface area contributed by atoms with Gasteiger partial charge in [-0.2, -0.15) is 5.10 Å². The fraction of sp³-hybridized carbons (Fsp3) is 0.442. The van der Waals surface area contributed by atoms with E-state index in [2.05, 4.69) is 30.7 Å². The standard InChI is InChI=1S/C37H51N5O8S.C15H20Cl2N4O/c1-6-17-49-30-10-8-11-31(25-30)50-36-27-35(42(5)28-44)34(40(2)3)26-33(36)39-51-32-12-7-9-29(24-32)37(45)38-13-18-46-22-23-48-20-15-41(4)14-19-47-21-16-43;1-10-9-21(11-5-6-12(16)13(17)8-11)20-15(10)19-14(22)4-3-7-18-2/h7-12,16,24-28,39H,6,13-15,17-23H2,1-5H3,(H,38,45);5-6,8,10,18H,3-4,7,9H2,1-2H3,(H,19,20,22). The molecule has 0 aliphatic carbocycles. The molecule has 0 spiro atoms. The number of hydrogen-bond acceptors (Lipinski definition) is 16. The van der Waals surface area contributed by atoms with Crippen molar-refractivity contribution in [3.8, 4) is 17.2 Å². The Kier molecular flexibility index (Phi) is 27.3. The van der Waals surface area contributed by atoms with Gasteiger partial charge in [-0.25, -0.2) is 0 Å². The predicted octanol–water partition coefficient (Wildman–Crippen LogP) is 7.83. The van der Waals surface area contributed by atoms with Crippen molar-refractivity contribution >= 4 is 88.2 Å². The fourth-order valence-electron chi connectivity index (χ4n) is 6.76. The first-order chi connectivity index (χ1) is 35.3. The van der Waals surface area contributed by atoms with Gasteiger partial charge in [-0.1, -0.05) is 49.2 Å². The SMILES string of the molecule is CCCOc1cccc(Oc2cc(N(C)C=O)c(N(C)C)cc2NSc2cccc(C(=O)NCCOCCOCCN(C)CCOCC=O)c2)c1.CNCCCC(=O)NC1=NN(c2ccc(Cl)c(Cl)c2)CC1C. The topological polar surface area (TPSA) is 188 Å². The van der Waals surface area contributed by atoms with Crippen LogP contribution < -0.4 is 45.0 Å². The average Bonchev–Trinajstić information content (AvgIpc) is 3.75. The van der Waals surface area contributed by atoms with Gasteiger partial charge in [0.2, 0.25) is 12.3 Å². The molecule has 5 rings (SSSR count). The first-order valence-electron chi connectivity index (χ1n) is 24.1. The molecular weight excluding hydrogens is 998 g/mol. The molecule has 0 fully saturated rings. The highest BCUT2D eigenvalue weighted by atomic mass is 35.5. The van der Waals surface area contributed by atoms with Gasteiger partial charge in [0.15, 0.2) is 5.75 Å². The summed E-state index contributed by atoms with van der Waals surface area (Å²) in [4.78, 5) is 53.1. The van der Waals surface area contributed by atoms with E-state index in [1.807, 2.05) is 113 Å². The van der Waals surface area contributed by atoms with Crippen LogP contribution in [-0.4, -0.2) is 149 Å². The first kappa shape index (κ1) is 59.9. The smallest absolute Gasteiger partial charge is 0.251 e. The summed E-state index contributed by atoms with van der Waals surface area (Å²) in [7, 11) is 9.34. The largest absolute Gasteiger partial charge is 0.493 e. The van der Waals surface area contributed by atoms with Gasteiger partial charge in [-0.05, 0) is 100 Å². The molecule has 21 heteroatoms. The molecule has 73 heavy (non-hydrogen) atoms. The van der Waals surface area contributed by atoms with Crippen LogP contribution in [-0.2, 0) is 28.6 Å².